The number of phenolic OH excluding ortho intramolecular Hbond substituents is 1. The molecule has 0 fully saturated rings. The van der Waals surface area contributed by atoms with E-state index >= 15 is 0 Å². The molecule has 0 spiro atoms. The van der Waals surface area contributed by atoms with Crippen LogP contribution in [0.1, 0.15) is 37.8 Å². The highest BCUT2D eigenvalue weighted by Gasteiger charge is 2.11. The van der Waals surface area contributed by atoms with Gasteiger partial charge in [-0.25, -0.2) is 0 Å². The topological polar surface area (TPSA) is 46.2 Å². The quantitative estimate of drug-likeness (QED) is 0.807. The molecule has 2 nitrogen and oxygen atoms in total. The van der Waals surface area contributed by atoms with Crippen molar-refractivity contribution < 1.29 is 5.11 Å². The van der Waals surface area contributed by atoms with E-state index in [1.807, 2.05) is 12.1 Å². The van der Waals surface area contributed by atoms with Crippen LogP contribution in [0, 0.1) is 0 Å². The second-order valence-electron chi connectivity index (χ2n) is 3.43. The van der Waals surface area contributed by atoms with E-state index in [1.165, 1.54) is 0 Å². The minimum absolute atomic E-state index is 0.117. The zero-order valence-corrected chi connectivity index (χ0v) is 9.09. The summed E-state index contributed by atoms with van der Waals surface area (Å²) in [5.74, 6) is 0.123. The molecule has 0 heterocycles. The number of para-hydroxylation sites is 1. The van der Waals surface area contributed by atoms with Crippen molar-refractivity contribution in [3.63, 3.8) is 0 Å². The SMILES string of the molecule is CCCC[C@@H](N)c1cccc(Cl)c1O. The Morgan fingerprint density at radius 3 is 2.86 bits per heavy atom. The van der Waals surface area contributed by atoms with Gasteiger partial charge in [0.25, 0.3) is 0 Å². The van der Waals surface area contributed by atoms with Crippen LogP contribution in [0.5, 0.6) is 5.75 Å². The first-order valence-electron chi connectivity index (χ1n) is 4.89. The van der Waals surface area contributed by atoms with Gasteiger partial charge in [-0.2, -0.15) is 0 Å². The average molecular weight is 214 g/mol. The van der Waals surface area contributed by atoms with E-state index in [2.05, 4.69) is 6.92 Å². The largest absolute Gasteiger partial charge is 0.506 e. The van der Waals surface area contributed by atoms with Crippen LogP contribution < -0.4 is 5.73 Å². The van der Waals surface area contributed by atoms with Gasteiger partial charge in [0.05, 0.1) is 5.02 Å². The highest BCUT2D eigenvalue weighted by molar-refractivity contribution is 6.32. The fourth-order valence-corrected chi connectivity index (χ4v) is 1.59. The molecule has 0 amide bonds. The second-order valence-corrected chi connectivity index (χ2v) is 3.83. The number of benzene rings is 1. The van der Waals surface area contributed by atoms with Gasteiger partial charge in [-0.05, 0) is 12.5 Å². The molecule has 3 N–H and O–H groups in total. The fourth-order valence-electron chi connectivity index (χ4n) is 1.41. The monoisotopic (exact) mass is 213 g/mol. The molecule has 1 rings (SSSR count). The van der Waals surface area contributed by atoms with E-state index in [0.29, 0.717) is 5.02 Å². The van der Waals surface area contributed by atoms with E-state index in [1.54, 1.807) is 6.07 Å². The van der Waals surface area contributed by atoms with Gasteiger partial charge in [0.2, 0.25) is 0 Å². The smallest absolute Gasteiger partial charge is 0.138 e. The summed E-state index contributed by atoms with van der Waals surface area (Å²) in [6.07, 6.45) is 3.05. The fraction of sp³-hybridized carbons (Fsp3) is 0.455. The van der Waals surface area contributed by atoms with Gasteiger partial charge in [-0.1, -0.05) is 43.5 Å². The molecule has 0 aliphatic rings. The van der Waals surface area contributed by atoms with Gasteiger partial charge in [0.15, 0.2) is 0 Å². The lowest BCUT2D eigenvalue weighted by Gasteiger charge is -2.13. The van der Waals surface area contributed by atoms with Gasteiger partial charge in [0.1, 0.15) is 5.75 Å². The van der Waals surface area contributed by atoms with Crippen molar-refractivity contribution in [2.75, 3.05) is 0 Å². The van der Waals surface area contributed by atoms with Gasteiger partial charge in [-0.15, -0.1) is 0 Å². The third-order valence-corrected chi connectivity index (χ3v) is 2.59. The van der Waals surface area contributed by atoms with E-state index in [4.69, 9.17) is 17.3 Å². The van der Waals surface area contributed by atoms with Crippen molar-refractivity contribution in [1.82, 2.24) is 0 Å². The summed E-state index contributed by atoms with van der Waals surface area (Å²) >= 11 is 5.79. The van der Waals surface area contributed by atoms with Gasteiger partial charge >= 0.3 is 0 Å². The molecule has 1 aromatic rings. The summed E-state index contributed by atoms with van der Waals surface area (Å²) < 4.78 is 0. The van der Waals surface area contributed by atoms with Crippen LogP contribution in [0.25, 0.3) is 0 Å². The third-order valence-electron chi connectivity index (χ3n) is 2.29. The maximum absolute atomic E-state index is 9.66. The second kappa shape index (κ2) is 5.23. The average Bonchev–Trinajstić information content (AvgIpc) is 2.18. The number of halogens is 1. The molecule has 0 unspecified atom stereocenters. The minimum atomic E-state index is -0.117. The highest BCUT2D eigenvalue weighted by atomic mass is 35.5. The Labute approximate surface area is 89.7 Å². The molecule has 0 bridgehead atoms. The van der Waals surface area contributed by atoms with Crippen molar-refractivity contribution >= 4 is 11.6 Å². The van der Waals surface area contributed by atoms with Crippen molar-refractivity contribution in [2.24, 2.45) is 5.73 Å². The van der Waals surface area contributed by atoms with Gasteiger partial charge < -0.3 is 10.8 Å². The summed E-state index contributed by atoms with van der Waals surface area (Å²) in [6.45, 7) is 2.12. The molecule has 0 aliphatic carbocycles. The Morgan fingerprint density at radius 1 is 1.50 bits per heavy atom. The highest BCUT2D eigenvalue weighted by Crippen LogP contribution is 2.32. The lowest BCUT2D eigenvalue weighted by atomic mass is 10.0. The molecule has 0 aromatic heterocycles. The van der Waals surface area contributed by atoms with Crippen LogP contribution >= 0.6 is 11.6 Å². The van der Waals surface area contributed by atoms with Crippen LogP contribution in [0.4, 0.5) is 0 Å². The van der Waals surface area contributed by atoms with Crippen molar-refractivity contribution in [1.29, 1.82) is 0 Å². The molecule has 1 aromatic carbocycles. The van der Waals surface area contributed by atoms with Gasteiger partial charge in [0, 0.05) is 11.6 Å². The van der Waals surface area contributed by atoms with Crippen molar-refractivity contribution in [2.45, 2.75) is 32.2 Å². The summed E-state index contributed by atoms with van der Waals surface area (Å²) in [4.78, 5) is 0. The zero-order valence-electron chi connectivity index (χ0n) is 8.33. The number of hydrogen-bond donors (Lipinski definition) is 2. The molecule has 0 radical (unpaired) electrons. The summed E-state index contributed by atoms with van der Waals surface area (Å²) in [5.41, 5.74) is 6.67. The van der Waals surface area contributed by atoms with Crippen LogP contribution in [0.2, 0.25) is 5.02 Å². The zero-order chi connectivity index (χ0) is 10.6. The minimum Gasteiger partial charge on any atom is -0.506 e. The number of unbranched alkanes of at least 4 members (excludes halogenated alkanes) is 1. The molecule has 0 saturated carbocycles. The van der Waals surface area contributed by atoms with Gasteiger partial charge in [-0.3, -0.25) is 0 Å². The summed E-state index contributed by atoms with van der Waals surface area (Å²) in [5, 5.41) is 10.0. The van der Waals surface area contributed by atoms with E-state index < -0.39 is 0 Å². The Morgan fingerprint density at radius 2 is 2.21 bits per heavy atom. The number of rotatable bonds is 4. The van der Waals surface area contributed by atoms with E-state index in [9.17, 15) is 5.11 Å². The van der Waals surface area contributed by atoms with Crippen LogP contribution in [0.15, 0.2) is 18.2 Å². The van der Waals surface area contributed by atoms with E-state index in [0.717, 1.165) is 24.8 Å². The Hall–Kier alpha value is -0.730. The molecule has 3 heteroatoms. The van der Waals surface area contributed by atoms with Crippen LogP contribution in [0.3, 0.4) is 0 Å². The number of phenols is 1. The standard InChI is InChI=1S/C11H16ClNO/c1-2-3-7-10(13)8-5-4-6-9(12)11(8)14/h4-6,10,14H,2-3,7,13H2,1H3/t10-/m1/s1. The maximum Gasteiger partial charge on any atom is 0.138 e. The predicted molar refractivity (Wildman–Crippen MR) is 59.6 cm³/mol. The number of nitrogens with two attached hydrogens (primary N) is 1. The summed E-state index contributed by atoms with van der Waals surface area (Å²) in [7, 11) is 0. The first kappa shape index (κ1) is 11.3. The number of hydrogen-bond acceptors (Lipinski definition) is 2. The molecular weight excluding hydrogens is 198 g/mol. The first-order valence-corrected chi connectivity index (χ1v) is 5.27. The van der Waals surface area contributed by atoms with Crippen LogP contribution in [-0.4, -0.2) is 5.11 Å². The summed E-state index contributed by atoms with van der Waals surface area (Å²) in [6, 6.07) is 5.17. The Balaban J connectivity index is 2.79. The molecule has 0 saturated heterocycles. The molecule has 14 heavy (non-hydrogen) atoms. The normalized spacial score (nSPS) is 12.8. The van der Waals surface area contributed by atoms with Crippen molar-refractivity contribution in [3.8, 4) is 5.75 Å². The molecule has 78 valence electrons. The lowest BCUT2D eigenvalue weighted by molar-refractivity contribution is 0.457. The van der Waals surface area contributed by atoms with E-state index in [-0.39, 0.29) is 11.8 Å². The first-order chi connectivity index (χ1) is 6.66. The molecular formula is C11H16ClNO. The Kier molecular flexibility index (Phi) is 4.23. The van der Waals surface area contributed by atoms with Crippen LogP contribution in [-0.2, 0) is 0 Å². The lowest BCUT2D eigenvalue weighted by Crippen LogP contribution is -2.10. The molecule has 1 atom stereocenters. The Bertz CT molecular complexity index is 301. The molecule has 0 aliphatic heterocycles. The predicted octanol–water partition coefficient (Wildman–Crippen LogP) is 3.24. The number of aromatic hydroxyl groups is 1. The maximum atomic E-state index is 9.66. The third kappa shape index (κ3) is 2.63. The van der Waals surface area contributed by atoms with Crippen molar-refractivity contribution in [3.05, 3.63) is 28.8 Å².